The van der Waals surface area contributed by atoms with Gasteiger partial charge in [0.15, 0.2) is 4.80 Å². The molecule has 1 aliphatic heterocycles. The monoisotopic (exact) mass is 556 g/mol. The Kier molecular flexibility index (Phi) is 5.82. The van der Waals surface area contributed by atoms with E-state index in [4.69, 9.17) is 9.73 Å². The van der Waals surface area contributed by atoms with Gasteiger partial charge in [0.2, 0.25) is 0 Å². The molecule has 0 fully saturated rings. The summed E-state index contributed by atoms with van der Waals surface area (Å²) in [4.78, 5) is 31.2. The molecule has 0 unspecified atom stereocenters. The Morgan fingerprint density at radius 1 is 1.08 bits per heavy atom. The summed E-state index contributed by atoms with van der Waals surface area (Å²) in [5, 5.41) is 0. The van der Waals surface area contributed by atoms with E-state index < -0.39 is 5.97 Å². The van der Waals surface area contributed by atoms with E-state index in [1.807, 2.05) is 34.9 Å². The maximum atomic E-state index is 13.9. The Labute approximate surface area is 219 Å². The molecule has 0 N–H and O–H groups in total. The number of aryl methyl sites for hydroxylation is 1. The standard InChI is InChI=1S/C29H21BrN2O3S/c1-17(33)35-24-14-12-21(30)15-20(24)16-25-28(34)32-27(19-8-3-2-4-9-19)23-13-11-18-7-5-6-10-22(18)26(23)31-29(32)36-25/h2-10,12,14-16,27H,11,13H2,1H3/b25-16+/t27-/m1/s1. The van der Waals surface area contributed by atoms with Crippen LogP contribution in [0.2, 0.25) is 0 Å². The molecular weight excluding hydrogens is 536 g/mol. The van der Waals surface area contributed by atoms with Crippen LogP contribution in [0, 0.1) is 0 Å². The van der Waals surface area contributed by atoms with Gasteiger partial charge in [-0.15, -0.1) is 0 Å². The molecule has 0 saturated heterocycles. The summed E-state index contributed by atoms with van der Waals surface area (Å²) in [7, 11) is 0. The van der Waals surface area contributed by atoms with Crippen molar-refractivity contribution in [2.24, 2.45) is 4.99 Å². The number of carbonyl (C=O) groups excluding carboxylic acids is 1. The van der Waals surface area contributed by atoms with Gasteiger partial charge in [-0.25, -0.2) is 4.99 Å². The molecule has 2 heterocycles. The molecule has 1 aliphatic carbocycles. The number of aromatic nitrogens is 1. The summed E-state index contributed by atoms with van der Waals surface area (Å²) in [6.45, 7) is 1.36. The molecule has 0 bridgehead atoms. The minimum atomic E-state index is -0.413. The van der Waals surface area contributed by atoms with Crippen molar-refractivity contribution in [3.8, 4) is 5.75 Å². The van der Waals surface area contributed by atoms with E-state index in [-0.39, 0.29) is 11.6 Å². The van der Waals surface area contributed by atoms with Crippen LogP contribution in [-0.4, -0.2) is 10.5 Å². The molecular formula is C29H21BrN2O3S. The molecule has 5 nitrogen and oxygen atoms in total. The second-order valence-electron chi connectivity index (χ2n) is 8.80. The van der Waals surface area contributed by atoms with Gasteiger partial charge < -0.3 is 4.74 Å². The number of hydrogen-bond acceptors (Lipinski definition) is 5. The predicted octanol–water partition coefficient (Wildman–Crippen LogP) is 5.01. The highest BCUT2D eigenvalue weighted by Crippen LogP contribution is 2.41. The highest BCUT2D eigenvalue weighted by Gasteiger charge is 2.32. The van der Waals surface area contributed by atoms with Crippen molar-refractivity contribution in [2.75, 3.05) is 0 Å². The lowest BCUT2D eigenvalue weighted by molar-refractivity contribution is -0.131. The Morgan fingerprint density at radius 2 is 1.86 bits per heavy atom. The summed E-state index contributed by atoms with van der Waals surface area (Å²) < 4.78 is 8.58. The van der Waals surface area contributed by atoms with E-state index in [9.17, 15) is 9.59 Å². The molecule has 0 spiro atoms. The van der Waals surface area contributed by atoms with Crippen LogP contribution in [0.4, 0.5) is 0 Å². The Bertz CT molecular complexity index is 1730. The van der Waals surface area contributed by atoms with E-state index in [2.05, 4.69) is 46.3 Å². The van der Waals surface area contributed by atoms with Crippen LogP contribution in [0.25, 0.3) is 11.8 Å². The van der Waals surface area contributed by atoms with Gasteiger partial charge in [0.05, 0.1) is 16.3 Å². The maximum Gasteiger partial charge on any atom is 0.308 e. The third-order valence-electron chi connectivity index (χ3n) is 6.50. The normalized spacial score (nSPS) is 16.6. The average Bonchev–Trinajstić information content (AvgIpc) is 3.19. The third kappa shape index (κ3) is 3.98. The first-order chi connectivity index (χ1) is 17.5. The molecule has 1 aromatic heterocycles. The Balaban J connectivity index is 1.61. The highest BCUT2D eigenvalue weighted by atomic mass is 79.9. The molecule has 7 heteroatoms. The van der Waals surface area contributed by atoms with Crippen molar-refractivity contribution in [1.82, 2.24) is 4.57 Å². The van der Waals surface area contributed by atoms with Gasteiger partial charge in [0, 0.05) is 22.5 Å². The second-order valence-corrected chi connectivity index (χ2v) is 10.7. The minimum absolute atomic E-state index is 0.105. The maximum absolute atomic E-state index is 13.9. The van der Waals surface area contributed by atoms with E-state index in [1.54, 1.807) is 18.2 Å². The molecule has 3 aromatic carbocycles. The summed E-state index contributed by atoms with van der Waals surface area (Å²) in [6, 6.07) is 23.7. The number of esters is 1. The summed E-state index contributed by atoms with van der Waals surface area (Å²) in [5.74, 6) is -0.00628. The van der Waals surface area contributed by atoms with E-state index >= 15 is 0 Å². The lowest BCUT2D eigenvalue weighted by Crippen LogP contribution is -2.38. The van der Waals surface area contributed by atoms with Crippen molar-refractivity contribution in [3.05, 3.63) is 125 Å². The largest absolute Gasteiger partial charge is 0.426 e. The van der Waals surface area contributed by atoms with Gasteiger partial charge in [-0.05, 0) is 53.8 Å². The number of allylic oxidation sites excluding steroid dienone is 1. The number of thiazole rings is 1. The first-order valence-electron chi connectivity index (χ1n) is 11.7. The average molecular weight is 557 g/mol. The molecule has 36 heavy (non-hydrogen) atoms. The Hall–Kier alpha value is -3.55. The predicted molar refractivity (Wildman–Crippen MR) is 145 cm³/mol. The second kappa shape index (κ2) is 9.15. The highest BCUT2D eigenvalue weighted by molar-refractivity contribution is 9.10. The van der Waals surface area contributed by atoms with Gasteiger partial charge in [-0.3, -0.25) is 14.2 Å². The third-order valence-corrected chi connectivity index (χ3v) is 7.98. The van der Waals surface area contributed by atoms with Crippen molar-refractivity contribution in [3.63, 3.8) is 0 Å². The van der Waals surface area contributed by atoms with Gasteiger partial charge in [0.25, 0.3) is 5.56 Å². The van der Waals surface area contributed by atoms with Crippen LogP contribution < -0.4 is 19.6 Å². The summed E-state index contributed by atoms with van der Waals surface area (Å²) in [5.41, 5.74) is 6.17. The van der Waals surface area contributed by atoms with Crippen molar-refractivity contribution in [2.45, 2.75) is 25.8 Å². The Morgan fingerprint density at radius 3 is 2.67 bits per heavy atom. The van der Waals surface area contributed by atoms with Crippen molar-refractivity contribution < 1.29 is 9.53 Å². The van der Waals surface area contributed by atoms with E-state index in [0.29, 0.717) is 20.6 Å². The number of hydrogen-bond donors (Lipinski definition) is 0. The first kappa shape index (κ1) is 22.9. The zero-order chi connectivity index (χ0) is 24.8. The minimum Gasteiger partial charge on any atom is -0.426 e. The van der Waals surface area contributed by atoms with Crippen molar-refractivity contribution in [1.29, 1.82) is 0 Å². The molecule has 6 rings (SSSR count). The molecule has 0 saturated carbocycles. The number of benzene rings is 3. The van der Waals surface area contributed by atoms with Crippen LogP contribution in [0.1, 0.15) is 41.6 Å². The fraction of sp³-hybridized carbons (Fsp3) is 0.138. The fourth-order valence-electron chi connectivity index (χ4n) is 4.98. The number of nitrogens with zero attached hydrogens (tertiary/aromatic N) is 2. The number of rotatable bonds is 3. The molecule has 1 atom stereocenters. The SMILES string of the molecule is CC(=O)Oc1ccc(Br)cc1/C=c1/sc2n(c1=O)[C@H](c1ccccc1)C1=C(N=2)c2ccccc2CC1. The summed E-state index contributed by atoms with van der Waals surface area (Å²) in [6.07, 6.45) is 3.55. The smallest absolute Gasteiger partial charge is 0.308 e. The van der Waals surface area contributed by atoms with Crippen molar-refractivity contribution >= 4 is 45.0 Å². The van der Waals surface area contributed by atoms with Gasteiger partial charge in [-0.2, -0.15) is 0 Å². The quantitative estimate of drug-likeness (QED) is 0.263. The summed E-state index contributed by atoms with van der Waals surface area (Å²) >= 11 is 4.84. The van der Waals surface area contributed by atoms with E-state index in [1.165, 1.54) is 29.4 Å². The zero-order valence-electron chi connectivity index (χ0n) is 19.4. The first-order valence-corrected chi connectivity index (χ1v) is 13.3. The number of carbonyl (C=O) groups is 1. The van der Waals surface area contributed by atoms with Gasteiger partial charge in [0.1, 0.15) is 5.75 Å². The zero-order valence-corrected chi connectivity index (χ0v) is 21.8. The number of fused-ring (bicyclic) bond motifs is 3. The lowest BCUT2D eigenvalue weighted by atomic mass is 9.83. The van der Waals surface area contributed by atoms with Gasteiger partial charge >= 0.3 is 5.97 Å². The van der Waals surface area contributed by atoms with Crippen LogP contribution in [0.5, 0.6) is 5.75 Å². The topological polar surface area (TPSA) is 60.7 Å². The number of ether oxygens (including phenoxy) is 1. The molecule has 4 aromatic rings. The molecule has 2 aliphatic rings. The lowest BCUT2D eigenvalue weighted by Gasteiger charge is -2.30. The number of halogens is 1. The van der Waals surface area contributed by atoms with Crippen LogP contribution in [0.3, 0.4) is 0 Å². The van der Waals surface area contributed by atoms with Crippen LogP contribution in [-0.2, 0) is 11.2 Å². The van der Waals surface area contributed by atoms with Crippen LogP contribution in [0.15, 0.2) is 92.6 Å². The molecule has 0 amide bonds. The van der Waals surface area contributed by atoms with E-state index in [0.717, 1.165) is 34.1 Å². The fourth-order valence-corrected chi connectivity index (χ4v) is 6.35. The molecule has 178 valence electrons. The van der Waals surface area contributed by atoms with Crippen LogP contribution >= 0.6 is 27.3 Å². The molecule has 0 radical (unpaired) electrons. The van der Waals surface area contributed by atoms with Gasteiger partial charge in [-0.1, -0.05) is 81.9 Å².